The van der Waals surface area contributed by atoms with Gasteiger partial charge in [-0.15, -0.1) is 0 Å². The van der Waals surface area contributed by atoms with E-state index in [4.69, 9.17) is 28.9 Å². The molecule has 4 amide bonds. The predicted octanol–water partition coefficient (Wildman–Crippen LogP) is 2.62. The zero-order valence-electron chi connectivity index (χ0n) is 14.0. The molecule has 0 atom stereocenters. The molecule has 0 bridgehead atoms. The molecule has 138 valence electrons. The van der Waals surface area contributed by atoms with Crippen LogP contribution in [-0.4, -0.2) is 42.9 Å². The van der Waals surface area contributed by atoms with Crippen molar-refractivity contribution in [1.82, 2.24) is 10.2 Å². The zero-order chi connectivity index (χ0) is 18.8. The predicted molar refractivity (Wildman–Crippen MR) is 98.8 cm³/mol. The van der Waals surface area contributed by atoms with E-state index in [2.05, 4.69) is 10.6 Å². The molecule has 0 fully saturated rings. The molecule has 9 heteroatoms. The number of anilines is 1. The Morgan fingerprint density at radius 1 is 1.12 bits per heavy atom. The van der Waals surface area contributed by atoms with Gasteiger partial charge < -0.3 is 21.3 Å². The maximum absolute atomic E-state index is 12.0. The Bertz CT molecular complexity index is 605. The van der Waals surface area contributed by atoms with Crippen LogP contribution in [-0.2, 0) is 9.59 Å². The monoisotopic (exact) mass is 388 g/mol. The lowest BCUT2D eigenvalue weighted by atomic mass is 10.2. The van der Waals surface area contributed by atoms with Crippen molar-refractivity contribution in [2.75, 3.05) is 25.5 Å². The van der Waals surface area contributed by atoms with Crippen LogP contribution in [0.3, 0.4) is 0 Å². The molecule has 1 aromatic rings. The number of unbranched alkanes of at least 4 members (excludes halogenated alkanes) is 2. The van der Waals surface area contributed by atoms with Gasteiger partial charge in [0.25, 0.3) is 0 Å². The van der Waals surface area contributed by atoms with Crippen LogP contribution in [0.1, 0.15) is 25.7 Å². The third kappa shape index (κ3) is 8.09. The van der Waals surface area contributed by atoms with Crippen molar-refractivity contribution in [3.05, 3.63) is 28.2 Å². The average Bonchev–Trinajstić information content (AvgIpc) is 2.53. The number of rotatable bonds is 9. The summed E-state index contributed by atoms with van der Waals surface area (Å²) in [6.07, 6.45) is 2.52. The molecular formula is C16H22Cl2N4O3. The first kappa shape index (κ1) is 21.1. The molecule has 0 radical (unpaired) electrons. The molecule has 0 saturated heterocycles. The first-order valence-electron chi connectivity index (χ1n) is 7.82. The molecule has 0 aliphatic carbocycles. The summed E-state index contributed by atoms with van der Waals surface area (Å²) in [5, 5.41) is 5.76. The van der Waals surface area contributed by atoms with E-state index in [0.717, 1.165) is 12.8 Å². The van der Waals surface area contributed by atoms with Crippen LogP contribution >= 0.6 is 23.2 Å². The maximum atomic E-state index is 12.0. The summed E-state index contributed by atoms with van der Waals surface area (Å²) >= 11 is 12.0. The standard InChI is InChI=1S/C16H22Cl2N4O3/c1-22(14(24)8-3-2-4-9-20-16(19)25)10-13(23)21-15-11(17)6-5-7-12(15)18/h5-7H,2-4,8-10H2,1H3,(H,21,23)(H3,19,20,25). The number of hydrogen-bond donors (Lipinski definition) is 3. The highest BCUT2D eigenvalue weighted by atomic mass is 35.5. The number of nitrogens with one attached hydrogen (secondary N) is 2. The molecule has 1 aromatic carbocycles. The SMILES string of the molecule is CN(CC(=O)Nc1c(Cl)cccc1Cl)C(=O)CCCCCNC(N)=O. The van der Waals surface area contributed by atoms with Crippen LogP contribution in [0.15, 0.2) is 18.2 Å². The first-order chi connectivity index (χ1) is 11.8. The summed E-state index contributed by atoms with van der Waals surface area (Å²) in [6, 6.07) is 4.35. The number of amides is 4. The highest BCUT2D eigenvalue weighted by Crippen LogP contribution is 2.29. The van der Waals surface area contributed by atoms with E-state index >= 15 is 0 Å². The minimum Gasteiger partial charge on any atom is -0.352 e. The van der Waals surface area contributed by atoms with Gasteiger partial charge in [0.05, 0.1) is 22.3 Å². The minimum atomic E-state index is -0.555. The number of para-hydroxylation sites is 1. The molecule has 0 aliphatic rings. The van der Waals surface area contributed by atoms with Crippen LogP contribution in [0.4, 0.5) is 10.5 Å². The fourth-order valence-electron chi connectivity index (χ4n) is 2.08. The smallest absolute Gasteiger partial charge is 0.312 e. The van der Waals surface area contributed by atoms with Crippen LogP contribution in [0.5, 0.6) is 0 Å². The molecule has 7 nitrogen and oxygen atoms in total. The molecule has 0 aromatic heterocycles. The lowest BCUT2D eigenvalue weighted by Gasteiger charge is -2.17. The van der Waals surface area contributed by atoms with Gasteiger partial charge in [-0.2, -0.15) is 0 Å². The zero-order valence-corrected chi connectivity index (χ0v) is 15.5. The number of urea groups is 1. The number of carbonyl (C=O) groups excluding carboxylic acids is 3. The van der Waals surface area contributed by atoms with Crippen molar-refractivity contribution in [3.8, 4) is 0 Å². The largest absolute Gasteiger partial charge is 0.352 e. The lowest BCUT2D eigenvalue weighted by Crippen LogP contribution is -2.35. The molecule has 25 heavy (non-hydrogen) atoms. The summed E-state index contributed by atoms with van der Waals surface area (Å²) in [7, 11) is 1.56. The van der Waals surface area contributed by atoms with Gasteiger partial charge in [0.2, 0.25) is 11.8 Å². The van der Waals surface area contributed by atoms with Crippen LogP contribution in [0.2, 0.25) is 10.0 Å². The number of hydrogen-bond acceptors (Lipinski definition) is 3. The second-order valence-corrected chi connectivity index (χ2v) is 6.31. The molecule has 4 N–H and O–H groups in total. The van der Waals surface area contributed by atoms with E-state index in [1.54, 1.807) is 25.2 Å². The summed E-state index contributed by atoms with van der Waals surface area (Å²) in [5.74, 6) is -0.514. The Hall–Kier alpha value is -1.99. The lowest BCUT2D eigenvalue weighted by molar-refractivity contribution is -0.133. The second-order valence-electron chi connectivity index (χ2n) is 5.50. The van der Waals surface area contributed by atoms with Crippen molar-refractivity contribution in [2.45, 2.75) is 25.7 Å². The van der Waals surface area contributed by atoms with E-state index < -0.39 is 6.03 Å². The number of primary amides is 1. The van der Waals surface area contributed by atoms with Crippen molar-refractivity contribution in [1.29, 1.82) is 0 Å². The van der Waals surface area contributed by atoms with E-state index in [9.17, 15) is 14.4 Å². The summed E-state index contributed by atoms with van der Waals surface area (Å²) in [4.78, 5) is 35.9. The molecule has 0 heterocycles. The number of halogens is 2. The number of benzene rings is 1. The van der Waals surface area contributed by atoms with E-state index in [-0.39, 0.29) is 18.4 Å². The molecule has 0 spiro atoms. The Morgan fingerprint density at radius 3 is 2.36 bits per heavy atom. The van der Waals surface area contributed by atoms with Crippen molar-refractivity contribution in [3.63, 3.8) is 0 Å². The number of nitrogens with two attached hydrogens (primary N) is 1. The van der Waals surface area contributed by atoms with Gasteiger partial charge in [0.1, 0.15) is 0 Å². The van der Waals surface area contributed by atoms with E-state index in [0.29, 0.717) is 35.1 Å². The summed E-state index contributed by atoms with van der Waals surface area (Å²) in [5.41, 5.74) is 5.28. The van der Waals surface area contributed by atoms with Crippen LogP contribution in [0, 0.1) is 0 Å². The van der Waals surface area contributed by atoms with Crippen molar-refractivity contribution in [2.24, 2.45) is 5.73 Å². The Morgan fingerprint density at radius 2 is 1.76 bits per heavy atom. The Balaban J connectivity index is 2.32. The van der Waals surface area contributed by atoms with Crippen LogP contribution < -0.4 is 16.4 Å². The quantitative estimate of drug-likeness (QED) is 0.566. The number of likely N-dealkylation sites (N-methyl/N-ethyl adjacent to an activating group) is 1. The van der Waals surface area contributed by atoms with Gasteiger partial charge in [-0.3, -0.25) is 9.59 Å². The molecular weight excluding hydrogens is 367 g/mol. The van der Waals surface area contributed by atoms with Gasteiger partial charge in [0, 0.05) is 20.0 Å². The van der Waals surface area contributed by atoms with Gasteiger partial charge in [-0.25, -0.2) is 4.79 Å². The topological polar surface area (TPSA) is 105 Å². The maximum Gasteiger partial charge on any atom is 0.312 e. The van der Waals surface area contributed by atoms with Gasteiger partial charge in [-0.1, -0.05) is 35.7 Å². The first-order valence-corrected chi connectivity index (χ1v) is 8.58. The van der Waals surface area contributed by atoms with Gasteiger partial charge in [0.15, 0.2) is 0 Å². The third-order valence-corrected chi connectivity index (χ3v) is 4.03. The third-order valence-electron chi connectivity index (χ3n) is 3.40. The Kier molecular flexibility index (Phi) is 9.08. The molecule has 0 saturated carbocycles. The number of nitrogens with zero attached hydrogens (tertiary/aromatic N) is 1. The summed E-state index contributed by atoms with van der Waals surface area (Å²) < 4.78 is 0. The van der Waals surface area contributed by atoms with Crippen molar-refractivity contribution < 1.29 is 14.4 Å². The fraction of sp³-hybridized carbons (Fsp3) is 0.438. The van der Waals surface area contributed by atoms with E-state index in [1.165, 1.54) is 4.90 Å². The van der Waals surface area contributed by atoms with Gasteiger partial charge in [-0.05, 0) is 25.0 Å². The van der Waals surface area contributed by atoms with E-state index in [1.807, 2.05) is 0 Å². The fourth-order valence-corrected chi connectivity index (χ4v) is 2.57. The summed E-state index contributed by atoms with van der Waals surface area (Å²) in [6.45, 7) is 0.393. The highest BCUT2D eigenvalue weighted by Gasteiger charge is 2.15. The number of carbonyl (C=O) groups is 3. The van der Waals surface area contributed by atoms with Crippen molar-refractivity contribution >= 4 is 46.7 Å². The average molecular weight is 389 g/mol. The van der Waals surface area contributed by atoms with Gasteiger partial charge >= 0.3 is 6.03 Å². The highest BCUT2D eigenvalue weighted by molar-refractivity contribution is 6.39. The molecule has 0 aliphatic heterocycles. The normalized spacial score (nSPS) is 10.2. The minimum absolute atomic E-state index is 0.0936. The molecule has 0 unspecified atom stereocenters. The second kappa shape index (κ2) is 10.8. The van der Waals surface area contributed by atoms with Crippen LogP contribution in [0.25, 0.3) is 0 Å². The molecule has 1 rings (SSSR count). The Labute approximate surface area is 156 Å².